The molecule has 1 heterocycles. The molecule has 1 aromatic carbocycles. The molecule has 2 rings (SSSR count). The average Bonchev–Trinajstić information content (AvgIpc) is 2.76. The van der Waals surface area contributed by atoms with E-state index in [4.69, 9.17) is 0 Å². The Bertz CT molecular complexity index is 594. The van der Waals surface area contributed by atoms with E-state index >= 15 is 0 Å². The first-order valence-electron chi connectivity index (χ1n) is 6.15. The van der Waals surface area contributed by atoms with Crippen LogP contribution in [0.3, 0.4) is 0 Å². The second-order valence-corrected chi connectivity index (χ2v) is 5.03. The largest absolute Gasteiger partial charge is 0.381 e. The number of nitrogens with zero attached hydrogens (tertiary/aromatic N) is 3. The number of anilines is 1. The van der Waals surface area contributed by atoms with Crippen LogP contribution in [0.25, 0.3) is 11.0 Å². The van der Waals surface area contributed by atoms with E-state index in [0.29, 0.717) is 17.1 Å². The van der Waals surface area contributed by atoms with Gasteiger partial charge >= 0.3 is 5.69 Å². The van der Waals surface area contributed by atoms with Crippen molar-refractivity contribution in [2.75, 3.05) is 5.32 Å². The fourth-order valence-corrected chi connectivity index (χ4v) is 2.15. The van der Waals surface area contributed by atoms with E-state index in [0.717, 1.165) is 6.42 Å². The lowest BCUT2D eigenvalue weighted by atomic mass is 10.0. The van der Waals surface area contributed by atoms with E-state index < -0.39 is 4.92 Å². The number of hydrogen-bond acceptors (Lipinski definition) is 6. The van der Waals surface area contributed by atoms with Crippen LogP contribution in [0.15, 0.2) is 16.8 Å². The van der Waals surface area contributed by atoms with Gasteiger partial charge in [-0.25, -0.2) is 4.63 Å². The number of non-ortho nitro benzene ring substituents is 1. The number of fused-ring (bicyclic) bond motifs is 1. The summed E-state index contributed by atoms with van der Waals surface area (Å²) in [4.78, 5) is 10.4. The van der Waals surface area contributed by atoms with Gasteiger partial charge in [0.15, 0.2) is 5.52 Å². The number of hydrogen-bond donors (Lipinski definition) is 1. The first-order chi connectivity index (χ1) is 8.99. The molecule has 0 spiro atoms. The minimum Gasteiger partial charge on any atom is -0.381 e. The smallest absolute Gasteiger partial charge is 0.300 e. The lowest BCUT2D eigenvalue weighted by Crippen LogP contribution is -2.17. The molecule has 0 saturated carbocycles. The van der Waals surface area contributed by atoms with Gasteiger partial charge in [-0.05, 0) is 35.6 Å². The van der Waals surface area contributed by atoms with Crippen LogP contribution in [-0.2, 0) is 0 Å². The van der Waals surface area contributed by atoms with Crippen LogP contribution < -0.4 is 5.32 Å². The second kappa shape index (κ2) is 5.21. The van der Waals surface area contributed by atoms with Crippen LogP contribution in [0, 0.1) is 16.0 Å². The molecule has 102 valence electrons. The topological polar surface area (TPSA) is 94.1 Å². The molecule has 0 aliphatic heterocycles. The Kier molecular flexibility index (Phi) is 3.64. The van der Waals surface area contributed by atoms with Crippen molar-refractivity contribution in [3.63, 3.8) is 0 Å². The summed E-state index contributed by atoms with van der Waals surface area (Å²) in [5, 5.41) is 21.5. The molecule has 19 heavy (non-hydrogen) atoms. The predicted octanol–water partition coefficient (Wildman–Crippen LogP) is 2.98. The van der Waals surface area contributed by atoms with E-state index in [9.17, 15) is 10.1 Å². The van der Waals surface area contributed by atoms with E-state index in [-0.39, 0.29) is 17.2 Å². The Morgan fingerprint density at radius 2 is 2.00 bits per heavy atom. The summed E-state index contributed by atoms with van der Waals surface area (Å²) in [6, 6.07) is 3.29. The molecule has 7 heteroatoms. The lowest BCUT2D eigenvalue weighted by molar-refractivity contribution is -0.383. The van der Waals surface area contributed by atoms with Gasteiger partial charge in [0.05, 0.1) is 10.6 Å². The third kappa shape index (κ3) is 2.81. The lowest BCUT2D eigenvalue weighted by Gasteiger charge is -2.16. The number of rotatable bonds is 5. The van der Waals surface area contributed by atoms with Gasteiger partial charge in [0.1, 0.15) is 0 Å². The van der Waals surface area contributed by atoms with Gasteiger partial charge in [-0.2, -0.15) is 0 Å². The molecule has 7 nitrogen and oxygen atoms in total. The maximum atomic E-state index is 10.9. The minimum atomic E-state index is -0.492. The Morgan fingerprint density at radius 1 is 1.32 bits per heavy atom. The quantitative estimate of drug-likeness (QED) is 0.659. The standard InChI is InChI=1S/C12H16N4O3/c1-7(2)6-8(3)13-9-4-5-10(16(17)18)12-11(9)14-19-15-12/h4-5,7-8,13H,6H2,1-3H3. The highest BCUT2D eigenvalue weighted by atomic mass is 16.6. The highest BCUT2D eigenvalue weighted by Crippen LogP contribution is 2.29. The highest BCUT2D eigenvalue weighted by molar-refractivity contribution is 5.93. The number of nitro benzene ring substituents is 1. The second-order valence-electron chi connectivity index (χ2n) is 5.03. The molecule has 0 saturated heterocycles. The molecule has 0 aliphatic rings. The Balaban J connectivity index is 2.33. The summed E-state index contributed by atoms with van der Waals surface area (Å²) in [6.45, 7) is 6.34. The summed E-state index contributed by atoms with van der Waals surface area (Å²) >= 11 is 0. The molecule has 1 atom stereocenters. The zero-order valence-electron chi connectivity index (χ0n) is 11.1. The summed E-state index contributed by atoms with van der Waals surface area (Å²) in [5.41, 5.74) is 1.17. The molecule has 0 bridgehead atoms. The zero-order valence-corrected chi connectivity index (χ0v) is 11.1. The molecule has 0 radical (unpaired) electrons. The minimum absolute atomic E-state index is 0.0988. The summed E-state index contributed by atoms with van der Waals surface area (Å²) in [7, 11) is 0. The third-order valence-electron chi connectivity index (χ3n) is 2.82. The van der Waals surface area contributed by atoms with Gasteiger partial charge in [-0.1, -0.05) is 13.8 Å². The van der Waals surface area contributed by atoms with Gasteiger partial charge in [0.2, 0.25) is 5.52 Å². The van der Waals surface area contributed by atoms with Crippen molar-refractivity contribution in [1.82, 2.24) is 10.3 Å². The van der Waals surface area contributed by atoms with Crippen molar-refractivity contribution in [1.29, 1.82) is 0 Å². The van der Waals surface area contributed by atoms with Crippen molar-refractivity contribution < 1.29 is 9.55 Å². The maximum absolute atomic E-state index is 10.9. The summed E-state index contributed by atoms with van der Waals surface area (Å²) in [6.07, 6.45) is 0.990. The van der Waals surface area contributed by atoms with Crippen molar-refractivity contribution in [3.05, 3.63) is 22.2 Å². The van der Waals surface area contributed by atoms with E-state index in [1.807, 2.05) is 0 Å². The van der Waals surface area contributed by atoms with Crippen LogP contribution in [0.2, 0.25) is 0 Å². The molecule has 2 aromatic rings. The van der Waals surface area contributed by atoms with E-state index in [1.54, 1.807) is 6.07 Å². The molecule has 0 aliphatic carbocycles. The monoisotopic (exact) mass is 264 g/mol. The van der Waals surface area contributed by atoms with Gasteiger partial charge in [-0.3, -0.25) is 10.1 Å². The third-order valence-corrected chi connectivity index (χ3v) is 2.82. The molecule has 1 aromatic heterocycles. The molecule has 1 N–H and O–H groups in total. The van der Waals surface area contributed by atoms with Gasteiger partial charge in [-0.15, -0.1) is 0 Å². The van der Waals surface area contributed by atoms with Crippen molar-refractivity contribution >= 4 is 22.4 Å². The fraction of sp³-hybridized carbons (Fsp3) is 0.500. The van der Waals surface area contributed by atoms with Gasteiger partial charge in [0, 0.05) is 12.1 Å². The molecule has 1 unspecified atom stereocenters. The first kappa shape index (κ1) is 13.3. The van der Waals surface area contributed by atoms with Crippen molar-refractivity contribution in [2.24, 2.45) is 5.92 Å². The molecule has 0 amide bonds. The summed E-state index contributed by atoms with van der Waals surface area (Å²) < 4.78 is 4.61. The van der Waals surface area contributed by atoms with Crippen molar-refractivity contribution in [3.8, 4) is 0 Å². The van der Waals surface area contributed by atoms with E-state index in [2.05, 4.69) is 41.0 Å². The van der Waals surface area contributed by atoms with Crippen LogP contribution in [-0.4, -0.2) is 21.3 Å². The van der Waals surface area contributed by atoms with Crippen LogP contribution >= 0.6 is 0 Å². The number of nitrogens with one attached hydrogen (secondary N) is 1. The number of nitro groups is 1. The van der Waals surface area contributed by atoms with Crippen LogP contribution in [0.4, 0.5) is 11.4 Å². The van der Waals surface area contributed by atoms with E-state index in [1.165, 1.54) is 6.07 Å². The first-order valence-corrected chi connectivity index (χ1v) is 6.15. The molecular formula is C12H16N4O3. The predicted molar refractivity (Wildman–Crippen MR) is 71.0 cm³/mol. The zero-order chi connectivity index (χ0) is 14.0. The Hall–Kier alpha value is -2.18. The fourth-order valence-electron chi connectivity index (χ4n) is 2.15. The number of aromatic nitrogens is 2. The van der Waals surface area contributed by atoms with Crippen LogP contribution in [0.1, 0.15) is 27.2 Å². The van der Waals surface area contributed by atoms with Crippen LogP contribution in [0.5, 0.6) is 0 Å². The Labute approximate surface area is 110 Å². The molecular weight excluding hydrogens is 248 g/mol. The SMILES string of the molecule is CC(C)CC(C)Nc1ccc([N+](=O)[O-])c2nonc12. The number of benzene rings is 1. The Morgan fingerprint density at radius 3 is 2.63 bits per heavy atom. The molecule has 0 fully saturated rings. The normalized spacial score (nSPS) is 12.8. The van der Waals surface area contributed by atoms with Gasteiger partial charge < -0.3 is 5.32 Å². The van der Waals surface area contributed by atoms with Crippen molar-refractivity contribution in [2.45, 2.75) is 33.2 Å². The van der Waals surface area contributed by atoms with Gasteiger partial charge in [0.25, 0.3) is 0 Å². The summed E-state index contributed by atoms with van der Waals surface area (Å²) in [5.74, 6) is 0.562. The highest BCUT2D eigenvalue weighted by Gasteiger charge is 2.20. The maximum Gasteiger partial charge on any atom is 0.300 e. The average molecular weight is 264 g/mol.